The van der Waals surface area contributed by atoms with Gasteiger partial charge in [0.05, 0.1) is 0 Å². The molecule has 4 aromatic heterocycles. The fourth-order valence-electron chi connectivity index (χ4n) is 18.3. The molecule has 16 N–H and O–H groups in total. The third-order valence-electron chi connectivity index (χ3n) is 24.9. The molecule has 8 atom stereocenters. The number of benzene rings is 10. The number of para-hydroxylation sites is 2. The molecule has 4 aliphatic rings. The Morgan fingerprint density at radius 3 is 0.697 bits per heavy atom. The molecule has 4 aliphatic carbocycles. The molecule has 122 heavy (non-hydrogen) atoms. The van der Waals surface area contributed by atoms with E-state index in [1.54, 1.807) is 72.8 Å². The molecule has 4 amide bonds. The number of hydrogen-bond acceptors (Lipinski definition) is 8. The molecule has 628 valence electrons. The average molecular weight is 1650 g/mol. The molecule has 0 unspecified atom stereocenters. The second-order valence-corrected chi connectivity index (χ2v) is 33.1. The fraction of sp³-hybridized carbons (Fsp3) is 0.280. The summed E-state index contributed by atoms with van der Waals surface area (Å²) in [5.41, 5.74) is 38.3. The van der Waals surface area contributed by atoms with Gasteiger partial charge >= 0.3 is 0 Å². The minimum Gasteiger partial charge on any atom is -0.350 e. The maximum Gasteiger partial charge on any atom is 0.268 e. The first-order valence-corrected chi connectivity index (χ1v) is 42.4. The van der Waals surface area contributed by atoms with Gasteiger partial charge in [-0.05, 0) is 292 Å². The van der Waals surface area contributed by atoms with Crippen molar-refractivity contribution in [2.75, 3.05) is 52.4 Å². The lowest BCUT2D eigenvalue weighted by Gasteiger charge is -2.12. The van der Waals surface area contributed by atoms with Crippen LogP contribution in [0.3, 0.4) is 0 Å². The SMILES string of the molecule is NC[C@@H]1CC[C@H](CNC(=O)c2[nH]c3cc(-c4ccc(F)cc4)ccc3c2-c2ccc(F)cc2)C1.NC[C@@H]1CC[C@H](CNC(=O)c2[nH]c3ccccc3c2-c2ccc(F)cc2)C1.NC[C@H]1CC[C@H](CNC(=O)c2[nH]c3cc(-c4ccc(F)cc4)ccc3c2-c2ccc(F)cc2)C1.NC[C@H]1CC[C@H](CNC(=O)c2[nH]c3ccccc3c2-c2ccc(F)cc2)C1. The van der Waals surface area contributed by atoms with Gasteiger partial charge in [0, 0.05) is 92.0 Å². The zero-order chi connectivity index (χ0) is 84.9. The number of carbonyl (C=O) groups is 4. The van der Waals surface area contributed by atoms with Crippen LogP contribution in [0.15, 0.2) is 231 Å². The highest BCUT2D eigenvalue weighted by molar-refractivity contribution is 6.13. The summed E-state index contributed by atoms with van der Waals surface area (Å²) in [6.45, 7) is 5.36. The van der Waals surface area contributed by atoms with Crippen LogP contribution in [0.25, 0.3) is 110 Å². The molecule has 14 aromatic rings. The van der Waals surface area contributed by atoms with Crippen LogP contribution >= 0.6 is 0 Å². The van der Waals surface area contributed by atoms with Gasteiger partial charge in [-0.25, -0.2) is 26.3 Å². The third-order valence-corrected chi connectivity index (χ3v) is 24.9. The largest absolute Gasteiger partial charge is 0.350 e. The maximum absolute atomic E-state index is 13.6. The standard InChI is InChI=1S/2C28H27F2N3O.2C22H24FN3O/c2*29-22-8-3-19(4-9-22)21-7-12-24-25(14-21)33-27(26(24)20-5-10-23(30)11-6-20)28(34)32-16-18-2-1-17(13-18)15-31;2*23-17-9-7-16(8-10-17)20-18-3-1-2-4-19(18)26-21(20)22(27)25-13-15-6-5-14(11-15)12-24/h2*3-12,14,17-18,33H,1-2,13,15-16,31H2,(H,32,34);2*1-4,7-10,14-15,26H,5-6,11-13,24H2,(H,25,27)/t17-,18+;17-,18-;14-,15+;14-,15-/m1010/s1. The molecule has 4 fully saturated rings. The van der Waals surface area contributed by atoms with Gasteiger partial charge in [-0.3, -0.25) is 19.2 Å². The van der Waals surface area contributed by atoms with Crippen LogP contribution in [0.4, 0.5) is 26.3 Å². The Bertz CT molecular complexity index is 5600. The number of H-pyrrole nitrogens is 4. The van der Waals surface area contributed by atoms with Crippen LogP contribution in [-0.2, 0) is 0 Å². The number of amides is 4. The minimum atomic E-state index is -0.330. The van der Waals surface area contributed by atoms with Crippen LogP contribution < -0.4 is 44.2 Å². The summed E-state index contributed by atoms with van der Waals surface area (Å²) in [6, 6.07) is 64.8. The molecule has 16 nitrogen and oxygen atoms in total. The first-order valence-electron chi connectivity index (χ1n) is 42.4. The lowest BCUT2D eigenvalue weighted by Crippen LogP contribution is -2.29. The smallest absolute Gasteiger partial charge is 0.268 e. The number of aromatic amines is 4. The molecule has 0 radical (unpaired) electrons. The predicted octanol–water partition coefficient (Wildman–Crippen LogP) is 19.9. The average Bonchev–Trinajstić information content (AvgIpc) is 1.63. The third kappa shape index (κ3) is 20.0. The van der Waals surface area contributed by atoms with E-state index in [1.807, 2.05) is 84.9 Å². The Morgan fingerprint density at radius 2 is 0.459 bits per heavy atom. The van der Waals surface area contributed by atoms with Crippen molar-refractivity contribution in [2.24, 2.45) is 70.3 Å². The predicted molar refractivity (Wildman–Crippen MR) is 474 cm³/mol. The number of hydrogen-bond donors (Lipinski definition) is 12. The van der Waals surface area contributed by atoms with E-state index in [9.17, 15) is 45.5 Å². The van der Waals surface area contributed by atoms with Gasteiger partial charge in [-0.1, -0.05) is 133 Å². The quantitative estimate of drug-likeness (QED) is 0.0289. The fourth-order valence-corrected chi connectivity index (χ4v) is 18.3. The summed E-state index contributed by atoms with van der Waals surface area (Å²) in [4.78, 5) is 65.6. The van der Waals surface area contributed by atoms with Crippen molar-refractivity contribution in [3.8, 4) is 66.8 Å². The highest BCUT2D eigenvalue weighted by Gasteiger charge is 2.31. The number of aromatic nitrogens is 4. The summed E-state index contributed by atoms with van der Waals surface area (Å²) >= 11 is 0. The van der Waals surface area contributed by atoms with Crippen LogP contribution in [0.2, 0.25) is 0 Å². The minimum absolute atomic E-state index is 0.123. The van der Waals surface area contributed by atoms with E-state index in [0.29, 0.717) is 109 Å². The van der Waals surface area contributed by atoms with E-state index in [4.69, 9.17) is 22.9 Å². The Morgan fingerprint density at radius 1 is 0.254 bits per heavy atom. The lowest BCUT2D eigenvalue weighted by molar-refractivity contribution is 0.0935. The summed E-state index contributed by atoms with van der Waals surface area (Å²) in [5, 5.41) is 16.0. The second-order valence-electron chi connectivity index (χ2n) is 33.1. The van der Waals surface area contributed by atoms with Crippen molar-refractivity contribution in [1.29, 1.82) is 0 Å². The molecular weight excluding hydrogens is 1550 g/mol. The molecule has 18 rings (SSSR count). The lowest BCUT2D eigenvalue weighted by atomic mass is 9.98. The highest BCUT2D eigenvalue weighted by atomic mass is 19.1. The zero-order valence-electron chi connectivity index (χ0n) is 67.9. The van der Waals surface area contributed by atoms with Crippen LogP contribution in [0.5, 0.6) is 0 Å². The first kappa shape index (κ1) is 84.7. The zero-order valence-corrected chi connectivity index (χ0v) is 67.9. The van der Waals surface area contributed by atoms with E-state index >= 15 is 0 Å². The van der Waals surface area contributed by atoms with E-state index < -0.39 is 0 Å². The van der Waals surface area contributed by atoms with Gasteiger partial charge < -0.3 is 64.1 Å². The van der Waals surface area contributed by atoms with Crippen molar-refractivity contribution in [3.05, 3.63) is 288 Å². The van der Waals surface area contributed by atoms with E-state index in [2.05, 4.69) is 41.2 Å². The van der Waals surface area contributed by atoms with E-state index in [1.165, 1.54) is 72.8 Å². The summed E-state index contributed by atoms with van der Waals surface area (Å²) < 4.78 is 80.6. The van der Waals surface area contributed by atoms with Crippen molar-refractivity contribution in [1.82, 2.24) is 41.2 Å². The molecule has 4 saturated carbocycles. The molecule has 10 aromatic carbocycles. The number of nitrogens with two attached hydrogens (primary N) is 4. The van der Waals surface area contributed by atoms with Gasteiger partial charge in [0.2, 0.25) is 0 Å². The Kier molecular flexibility index (Phi) is 27.1. The van der Waals surface area contributed by atoms with Crippen LogP contribution in [0, 0.1) is 82.2 Å². The number of carbonyl (C=O) groups excluding carboxylic acids is 4. The Balaban J connectivity index is 0.000000127. The molecule has 0 aliphatic heterocycles. The number of nitrogens with one attached hydrogen (secondary N) is 8. The molecule has 4 heterocycles. The number of fused-ring (bicyclic) bond motifs is 4. The van der Waals surface area contributed by atoms with Gasteiger partial charge in [0.25, 0.3) is 23.6 Å². The second kappa shape index (κ2) is 39.0. The van der Waals surface area contributed by atoms with Gasteiger partial charge in [0.15, 0.2) is 0 Å². The van der Waals surface area contributed by atoms with Gasteiger partial charge in [0.1, 0.15) is 57.7 Å². The molecular formula is C100H102F6N12O4. The van der Waals surface area contributed by atoms with Crippen molar-refractivity contribution < 1.29 is 45.5 Å². The molecule has 22 heteroatoms. The van der Waals surface area contributed by atoms with Crippen LogP contribution in [0.1, 0.15) is 119 Å². The topological polar surface area (TPSA) is 284 Å². The Hall–Kier alpha value is -12.3. The molecule has 0 bridgehead atoms. The molecule has 0 saturated heterocycles. The summed E-state index contributed by atoms with van der Waals surface area (Å²) in [5.74, 6) is 1.63. The monoisotopic (exact) mass is 1650 g/mol. The van der Waals surface area contributed by atoms with Gasteiger partial charge in [-0.2, -0.15) is 0 Å². The van der Waals surface area contributed by atoms with Gasteiger partial charge in [-0.15, -0.1) is 0 Å². The number of halogens is 6. The van der Waals surface area contributed by atoms with Crippen LogP contribution in [-0.4, -0.2) is 95.9 Å². The van der Waals surface area contributed by atoms with Crippen molar-refractivity contribution in [3.63, 3.8) is 0 Å². The van der Waals surface area contributed by atoms with Crippen molar-refractivity contribution in [2.45, 2.75) is 77.0 Å². The Labute approximate surface area is 704 Å². The molecule has 0 spiro atoms. The maximum atomic E-state index is 13.6. The van der Waals surface area contributed by atoms with E-state index in [-0.39, 0.29) is 58.5 Å². The summed E-state index contributed by atoms with van der Waals surface area (Å²) in [6.07, 6.45) is 13.1. The first-order chi connectivity index (χ1) is 59.3. The highest BCUT2D eigenvalue weighted by Crippen LogP contribution is 2.41. The number of rotatable bonds is 22. The van der Waals surface area contributed by atoms with Crippen molar-refractivity contribution >= 4 is 67.2 Å². The normalized spacial score (nSPS) is 18.6. The summed E-state index contributed by atoms with van der Waals surface area (Å²) in [7, 11) is 0. The van der Waals surface area contributed by atoms with E-state index in [0.717, 1.165) is 201 Å².